The molecule has 0 atom stereocenters. The molecule has 0 aliphatic rings. The molecule has 1 aromatic heterocycles. The van der Waals surface area contributed by atoms with Crippen LogP contribution in [0.4, 0.5) is 5.13 Å². The smallest absolute Gasteiger partial charge is 0.254 e. The largest absolute Gasteiger partial charge is 0.385 e. The topological polar surface area (TPSA) is 71.5 Å². The average Bonchev–Trinajstić information content (AvgIpc) is 2.91. The summed E-state index contributed by atoms with van der Waals surface area (Å²) in [5, 5.41) is 3.33. The van der Waals surface area contributed by atoms with Gasteiger partial charge in [0.1, 0.15) is 6.54 Å². The zero-order chi connectivity index (χ0) is 18.2. The van der Waals surface area contributed by atoms with Crippen molar-refractivity contribution in [1.82, 2.24) is 9.88 Å². The number of thiazole rings is 1. The Balaban J connectivity index is 2.04. The Kier molecular flexibility index (Phi) is 7.09. The standard InChI is InChI=1S/C18H23N3O3S/c1-13-14(2)25-18(19-13)20-16(22)12-21(10-7-11-24-3)17(23)15-8-5-4-6-9-15/h4-6,8-9H,7,10-12H2,1-3H3,(H,19,20,22). The molecule has 2 amide bonds. The van der Waals surface area contributed by atoms with Crippen molar-refractivity contribution >= 4 is 28.3 Å². The maximum atomic E-state index is 12.7. The second kappa shape index (κ2) is 9.29. The lowest BCUT2D eigenvalue weighted by atomic mass is 10.2. The van der Waals surface area contributed by atoms with Crippen LogP contribution in [-0.4, -0.2) is 48.5 Å². The maximum Gasteiger partial charge on any atom is 0.254 e. The molecular formula is C18H23N3O3S. The van der Waals surface area contributed by atoms with E-state index in [0.717, 1.165) is 10.6 Å². The summed E-state index contributed by atoms with van der Waals surface area (Å²) in [5.41, 5.74) is 1.46. The van der Waals surface area contributed by atoms with Crippen LogP contribution in [0.15, 0.2) is 30.3 Å². The minimum Gasteiger partial charge on any atom is -0.385 e. The number of benzene rings is 1. The highest BCUT2D eigenvalue weighted by atomic mass is 32.1. The van der Waals surface area contributed by atoms with Crippen molar-refractivity contribution in [2.24, 2.45) is 0 Å². The molecule has 0 unspecified atom stereocenters. The van der Waals surface area contributed by atoms with Crippen LogP contribution in [0.2, 0.25) is 0 Å². The molecule has 2 aromatic rings. The molecule has 0 aliphatic carbocycles. The Bertz CT molecular complexity index is 696. The summed E-state index contributed by atoms with van der Waals surface area (Å²) in [5.74, 6) is -0.422. The Labute approximate surface area is 151 Å². The van der Waals surface area contributed by atoms with E-state index < -0.39 is 0 Å². The first-order valence-corrected chi connectivity index (χ1v) is 8.90. The normalized spacial score (nSPS) is 10.5. The molecule has 1 heterocycles. The van der Waals surface area contributed by atoms with Crippen molar-refractivity contribution in [3.63, 3.8) is 0 Å². The fourth-order valence-corrected chi connectivity index (χ4v) is 3.10. The van der Waals surface area contributed by atoms with Gasteiger partial charge in [0.2, 0.25) is 5.91 Å². The van der Waals surface area contributed by atoms with E-state index in [1.807, 2.05) is 32.0 Å². The Morgan fingerprint density at radius 2 is 1.96 bits per heavy atom. The summed E-state index contributed by atoms with van der Waals surface area (Å²) in [4.78, 5) is 31.9. The van der Waals surface area contributed by atoms with Gasteiger partial charge in [0.25, 0.3) is 5.91 Å². The number of aromatic nitrogens is 1. The van der Waals surface area contributed by atoms with Crippen LogP contribution in [0.5, 0.6) is 0 Å². The van der Waals surface area contributed by atoms with E-state index >= 15 is 0 Å². The van der Waals surface area contributed by atoms with E-state index in [1.54, 1.807) is 19.2 Å². The number of hydrogen-bond donors (Lipinski definition) is 1. The van der Waals surface area contributed by atoms with Gasteiger partial charge in [-0.25, -0.2) is 4.98 Å². The Hall–Kier alpha value is -2.25. The third-order valence-electron chi connectivity index (χ3n) is 3.69. The zero-order valence-corrected chi connectivity index (χ0v) is 15.6. The molecule has 0 spiro atoms. The van der Waals surface area contributed by atoms with Crippen LogP contribution in [-0.2, 0) is 9.53 Å². The van der Waals surface area contributed by atoms with Gasteiger partial charge >= 0.3 is 0 Å². The molecule has 1 aromatic carbocycles. The number of nitrogens with zero attached hydrogens (tertiary/aromatic N) is 2. The van der Waals surface area contributed by atoms with E-state index in [9.17, 15) is 9.59 Å². The molecule has 6 nitrogen and oxygen atoms in total. The lowest BCUT2D eigenvalue weighted by molar-refractivity contribution is -0.116. The second-order valence-electron chi connectivity index (χ2n) is 5.65. The maximum absolute atomic E-state index is 12.7. The summed E-state index contributed by atoms with van der Waals surface area (Å²) in [7, 11) is 1.61. The number of hydrogen-bond acceptors (Lipinski definition) is 5. The number of nitrogens with one attached hydrogen (secondary N) is 1. The van der Waals surface area contributed by atoms with E-state index in [-0.39, 0.29) is 18.4 Å². The molecule has 0 saturated carbocycles. The molecule has 0 fully saturated rings. The molecule has 1 N–H and O–H groups in total. The van der Waals surface area contributed by atoms with Crippen molar-refractivity contribution in [3.05, 3.63) is 46.5 Å². The number of aryl methyl sites for hydroxylation is 2. The summed E-state index contributed by atoms with van der Waals surface area (Å²) < 4.78 is 5.05. The van der Waals surface area contributed by atoms with E-state index in [0.29, 0.717) is 30.3 Å². The summed E-state index contributed by atoms with van der Waals surface area (Å²) in [6.07, 6.45) is 0.665. The monoisotopic (exact) mass is 361 g/mol. The fourth-order valence-electron chi connectivity index (χ4n) is 2.27. The highest BCUT2D eigenvalue weighted by Crippen LogP contribution is 2.21. The number of ether oxygens (including phenoxy) is 1. The predicted molar refractivity (Wildman–Crippen MR) is 99.1 cm³/mol. The van der Waals surface area contributed by atoms with E-state index in [1.165, 1.54) is 16.2 Å². The van der Waals surface area contributed by atoms with Crippen molar-refractivity contribution in [2.75, 3.05) is 32.1 Å². The quantitative estimate of drug-likeness (QED) is 0.734. The fraction of sp³-hybridized carbons (Fsp3) is 0.389. The van der Waals surface area contributed by atoms with E-state index in [2.05, 4.69) is 10.3 Å². The average molecular weight is 361 g/mol. The molecule has 0 bridgehead atoms. The number of carbonyl (C=O) groups excluding carboxylic acids is 2. The summed E-state index contributed by atoms with van der Waals surface area (Å²) in [6.45, 7) is 4.82. The van der Waals surface area contributed by atoms with Gasteiger partial charge in [-0.2, -0.15) is 0 Å². The van der Waals surface area contributed by atoms with Gasteiger partial charge in [0.15, 0.2) is 5.13 Å². The van der Waals surface area contributed by atoms with Gasteiger partial charge in [0, 0.05) is 30.7 Å². The first kappa shape index (κ1) is 19.1. The van der Waals surface area contributed by atoms with Gasteiger partial charge in [-0.1, -0.05) is 18.2 Å². The summed E-state index contributed by atoms with van der Waals surface area (Å²) >= 11 is 1.43. The van der Waals surface area contributed by atoms with Gasteiger partial charge in [-0.05, 0) is 32.4 Å². The first-order chi connectivity index (χ1) is 12.0. The SMILES string of the molecule is COCCCN(CC(=O)Nc1nc(C)c(C)s1)C(=O)c1ccccc1. The summed E-state index contributed by atoms with van der Waals surface area (Å²) in [6, 6.07) is 8.96. The van der Waals surface area contributed by atoms with Crippen molar-refractivity contribution in [2.45, 2.75) is 20.3 Å². The zero-order valence-electron chi connectivity index (χ0n) is 14.7. The van der Waals surface area contributed by atoms with Crippen LogP contribution in [0, 0.1) is 13.8 Å². The third kappa shape index (κ3) is 5.65. The van der Waals surface area contributed by atoms with E-state index in [4.69, 9.17) is 4.74 Å². The molecule has 0 radical (unpaired) electrons. The minimum atomic E-state index is -0.254. The van der Waals surface area contributed by atoms with Crippen LogP contribution in [0.1, 0.15) is 27.3 Å². The highest BCUT2D eigenvalue weighted by molar-refractivity contribution is 7.15. The van der Waals surface area contributed by atoms with Gasteiger partial charge in [-0.3, -0.25) is 9.59 Å². The molecular weight excluding hydrogens is 338 g/mol. The molecule has 2 rings (SSSR count). The number of methoxy groups -OCH3 is 1. The number of carbonyl (C=O) groups is 2. The van der Waals surface area contributed by atoms with Crippen LogP contribution in [0.3, 0.4) is 0 Å². The Morgan fingerprint density at radius 1 is 1.24 bits per heavy atom. The molecule has 7 heteroatoms. The highest BCUT2D eigenvalue weighted by Gasteiger charge is 2.19. The van der Waals surface area contributed by atoms with Gasteiger partial charge in [-0.15, -0.1) is 11.3 Å². The number of amides is 2. The van der Waals surface area contributed by atoms with Crippen LogP contribution in [0.25, 0.3) is 0 Å². The van der Waals surface area contributed by atoms with Crippen LogP contribution >= 0.6 is 11.3 Å². The van der Waals surface area contributed by atoms with Crippen molar-refractivity contribution in [3.8, 4) is 0 Å². The molecule has 0 saturated heterocycles. The third-order valence-corrected chi connectivity index (χ3v) is 4.68. The number of rotatable bonds is 8. The molecule has 134 valence electrons. The molecule has 25 heavy (non-hydrogen) atoms. The molecule has 0 aliphatic heterocycles. The first-order valence-electron chi connectivity index (χ1n) is 8.08. The minimum absolute atomic E-state index is 0.0187. The van der Waals surface area contributed by atoms with Crippen molar-refractivity contribution in [1.29, 1.82) is 0 Å². The number of anilines is 1. The second-order valence-corrected chi connectivity index (χ2v) is 6.85. The van der Waals surface area contributed by atoms with Gasteiger partial charge in [0.05, 0.1) is 5.69 Å². The van der Waals surface area contributed by atoms with Crippen molar-refractivity contribution < 1.29 is 14.3 Å². The van der Waals surface area contributed by atoms with Crippen LogP contribution < -0.4 is 5.32 Å². The van der Waals surface area contributed by atoms with Gasteiger partial charge < -0.3 is 15.0 Å². The Morgan fingerprint density at radius 3 is 2.56 bits per heavy atom. The predicted octanol–water partition coefficient (Wildman–Crippen LogP) is 2.88. The lowest BCUT2D eigenvalue weighted by Crippen LogP contribution is -2.39. The lowest BCUT2D eigenvalue weighted by Gasteiger charge is -2.22.